The SMILES string of the molecule is Cc1cccc2nc(C3CCN(Cc4ccc(C(=O)O)cc4)CC3)oc12. The molecule has 0 spiro atoms. The van der Waals surface area contributed by atoms with E-state index in [1.807, 2.05) is 24.3 Å². The summed E-state index contributed by atoms with van der Waals surface area (Å²) in [5.74, 6) is 0.345. The van der Waals surface area contributed by atoms with Gasteiger partial charge in [-0.2, -0.15) is 0 Å². The number of aromatic nitrogens is 1. The van der Waals surface area contributed by atoms with E-state index in [2.05, 4.69) is 17.9 Å². The van der Waals surface area contributed by atoms with E-state index in [0.717, 1.165) is 60.6 Å². The Balaban J connectivity index is 1.38. The van der Waals surface area contributed by atoms with Gasteiger partial charge >= 0.3 is 5.97 Å². The summed E-state index contributed by atoms with van der Waals surface area (Å²) < 4.78 is 6.04. The number of oxazole rings is 1. The Morgan fingerprint density at radius 2 is 1.92 bits per heavy atom. The van der Waals surface area contributed by atoms with Crippen molar-refractivity contribution in [3.8, 4) is 0 Å². The summed E-state index contributed by atoms with van der Waals surface area (Å²) in [7, 11) is 0. The lowest BCUT2D eigenvalue weighted by molar-refractivity contribution is 0.0697. The second kappa shape index (κ2) is 6.92. The molecule has 4 rings (SSSR count). The number of carboxylic acids is 1. The van der Waals surface area contributed by atoms with Gasteiger partial charge in [-0.1, -0.05) is 24.3 Å². The predicted molar refractivity (Wildman–Crippen MR) is 99.4 cm³/mol. The molecule has 5 nitrogen and oxygen atoms in total. The molecule has 0 radical (unpaired) electrons. The first kappa shape index (κ1) is 16.8. The summed E-state index contributed by atoms with van der Waals surface area (Å²) in [5.41, 5.74) is 4.46. The third kappa shape index (κ3) is 3.35. The molecule has 1 fully saturated rings. The number of carboxylic acid groups (broad SMARTS) is 1. The minimum Gasteiger partial charge on any atom is -0.478 e. The average molecular weight is 350 g/mol. The van der Waals surface area contributed by atoms with Crippen molar-refractivity contribution in [2.75, 3.05) is 13.1 Å². The van der Waals surface area contributed by atoms with E-state index in [1.54, 1.807) is 12.1 Å². The average Bonchev–Trinajstić information content (AvgIpc) is 3.08. The van der Waals surface area contributed by atoms with Crippen LogP contribution in [-0.4, -0.2) is 34.0 Å². The Bertz CT molecular complexity index is 922. The predicted octanol–water partition coefficient (Wildman–Crippen LogP) is 4.21. The molecule has 0 aliphatic carbocycles. The van der Waals surface area contributed by atoms with Gasteiger partial charge in [0.1, 0.15) is 5.52 Å². The molecular weight excluding hydrogens is 328 g/mol. The molecule has 1 aromatic heterocycles. The first-order valence-corrected chi connectivity index (χ1v) is 9.01. The summed E-state index contributed by atoms with van der Waals surface area (Å²) in [6.45, 7) is 4.88. The lowest BCUT2D eigenvalue weighted by Crippen LogP contribution is -2.32. The Hall–Kier alpha value is -2.66. The van der Waals surface area contributed by atoms with Crippen LogP contribution in [0.1, 0.15) is 46.1 Å². The molecule has 0 saturated carbocycles. The van der Waals surface area contributed by atoms with E-state index in [-0.39, 0.29) is 0 Å². The van der Waals surface area contributed by atoms with Gasteiger partial charge in [0, 0.05) is 12.5 Å². The zero-order valence-corrected chi connectivity index (χ0v) is 14.8. The number of hydrogen-bond acceptors (Lipinski definition) is 4. The van der Waals surface area contributed by atoms with Crippen molar-refractivity contribution in [2.24, 2.45) is 0 Å². The fourth-order valence-electron chi connectivity index (χ4n) is 3.63. The van der Waals surface area contributed by atoms with Crippen LogP contribution in [0, 0.1) is 6.92 Å². The van der Waals surface area contributed by atoms with Crippen molar-refractivity contribution in [3.63, 3.8) is 0 Å². The number of hydrogen-bond donors (Lipinski definition) is 1. The zero-order chi connectivity index (χ0) is 18.1. The van der Waals surface area contributed by atoms with Crippen molar-refractivity contribution in [1.29, 1.82) is 0 Å². The highest BCUT2D eigenvalue weighted by Crippen LogP contribution is 2.31. The molecule has 1 saturated heterocycles. The highest BCUT2D eigenvalue weighted by Gasteiger charge is 2.25. The molecule has 3 aromatic rings. The number of likely N-dealkylation sites (tertiary alicyclic amines) is 1. The molecule has 1 N–H and O–H groups in total. The molecule has 1 aliphatic heterocycles. The molecule has 0 unspecified atom stereocenters. The Morgan fingerprint density at radius 1 is 1.19 bits per heavy atom. The normalized spacial score (nSPS) is 16.2. The molecule has 134 valence electrons. The van der Waals surface area contributed by atoms with Gasteiger partial charge in [-0.3, -0.25) is 4.90 Å². The maximum absolute atomic E-state index is 10.9. The zero-order valence-electron chi connectivity index (χ0n) is 14.8. The molecule has 2 aromatic carbocycles. The Labute approximate surface area is 152 Å². The number of nitrogens with zero attached hydrogens (tertiary/aromatic N) is 2. The lowest BCUT2D eigenvalue weighted by atomic mass is 9.96. The number of piperidine rings is 1. The molecule has 2 heterocycles. The number of aromatic carboxylic acids is 1. The fourth-order valence-corrected chi connectivity index (χ4v) is 3.63. The second-order valence-electron chi connectivity index (χ2n) is 7.03. The summed E-state index contributed by atoms with van der Waals surface area (Å²) in [5, 5.41) is 8.98. The molecule has 1 aliphatic rings. The van der Waals surface area contributed by atoms with Crippen LogP contribution >= 0.6 is 0 Å². The van der Waals surface area contributed by atoms with Gasteiger partial charge in [0.25, 0.3) is 0 Å². The Kier molecular flexibility index (Phi) is 4.47. The molecule has 0 atom stereocenters. The molecule has 0 amide bonds. The van der Waals surface area contributed by atoms with Crippen molar-refractivity contribution in [2.45, 2.75) is 32.2 Å². The minimum absolute atomic E-state index is 0.332. The number of carbonyl (C=O) groups is 1. The van der Waals surface area contributed by atoms with E-state index in [4.69, 9.17) is 14.5 Å². The van der Waals surface area contributed by atoms with E-state index >= 15 is 0 Å². The van der Waals surface area contributed by atoms with Gasteiger partial charge in [-0.25, -0.2) is 9.78 Å². The van der Waals surface area contributed by atoms with Crippen LogP contribution in [0.2, 0.25) is 0 Å². The number of benzene rings is 2. The molecule has 26 heavy (non-hydrogen) atoms. The topological polar surface area (TPSA) is 66.6 Å². The third-order valence-corrected chi connectivity index (χ3v) is 5.17. The highest BCUT2D eigenvalue weighted by atomic mass is 16.4. The first-order valence-electron chi connectivity index (χ1n) is 9.01. The molecular formula is C21H22N2O3. The number of para-hydroxylation sites is 1. The van der Waals surface area contributed by atoms with Gasteiger partial charge in [-0.15, -0.1) is 0 Å². The van der Waals surface area contributed by atoms with E-state index in [1.165, 1.54) is 0 Å². The summed E-state index contributed by atoms with van der Waals surface area (Å²) in [4.78, 5) is 18.0. The molecule has 5 heteroatoms. The van der Waals surface area contributed by atoms with Crippen molar-refractivity contribution >= 4 is 17.1 Å². The maximum atomic E-state index is 10.9. The lowest BCUT2D eigenvalue weighted by Gasteiger charge is -2.30. The van der Waals surface area contributed by atoms with Gasteiger partial charge in [0.2, 0.25) is 0 Å². The smallest absolute Gasteiger partial charge is 0.335 e. The van der Waals surface area contributed by atoms with Crippen LogP contribution in [0.5, 0.6) is 0 Å². The van der Waals surface area contributed by atoms with Gasteiger partial charge in [0.05, 0.1) is 5.56 Å². The van der Waals surface area contributed by atoms with Crippen molar-refractivity contribution in [3.05, 3.63) is 65.0 Å². The number of rotatable bonds is 4. The van der Waals surface area contributed by atoms with E-state index in [9.17, 15) is 4.79 Å². The van der Waals surface area contributed by atoms with Crippen molar-refractivity contribution < 1.29 is 14.3 Å². The summed E-state index contributed by atoms with van der Waals surface area (Å²) >= 11 is 0. The van der Waals surface area contributed by atoms with Crippen LogP contribution in [0.25, 0.3) is 11.1 Å². The van der Waals surface area contributed by atoms with E-state index in [0.29, 0.717) is 11.5 Å². The van der Waals surface area contributed by atoms with Crippen LogP contribution in [0.3, 0.4) is 0 Å². The van der Waals surface area contributed by atoms with Crippen LogP contribution in [0.15, 0.2) is 46.9 Å². The molecule has 0 bridgehead atoms. The Morgan fingerprint density at radius 3 is 2.58 bits per heavy atom. The van der Waals surface area contributed by atoms with Crippen molar-refractivity contribution in [1.82, 2.24) is 9.88 Å². The largest absolute Gasteiger partial charge is 0.478 e. The van der Waals surface area contributed by atoms with Gasteiger partial charge in [-0.05, 0) is 62.2 Å². The first-order chi connectivity index (χ1) is 12.6. The number of fused-ring (bicyclic) bond motifs is 1. The number of aryl methyl sites for hydroxylation is 1. The fraction of sp³-hybridized carbons (Fsp3) is 0.333. The minimum atomic E-state index is -0.883. The second-order valence-corrected chi connectivity index (χ2v) is 7.03. The van der Waals surface area contributed by atoms with Gasteiger partial charge < -0.3 is 9.52 Å². The monoisotopic (exact) mass is 350 g/mol. The third-order valence-electron chi connectivity index (χ3n) is 5.17. The summed E-state index contributed by atoms with van der Waals surface area (Å²) in [6, 6.07) is 13.2. The van der Waals surface area contributed by atoms with Crippen LogP contribution < -0.4 is 0 Å². The summed E-state index contributed by atoms with van der Waals surface area (Å²) in [6.07, 6.45) is 2.05. The quantitative estimate of drug-likeness (QED) is 0.763. The maximum Gasteiger partial charge on any atom is 0.335 e. The van der Waals surface area contributed by atoms with Gasteiger partial charge in [0.15, 0.2) is 11.5 Å². The standard InChI is InChI=1S/C21H22N2O3/c1-14-3-2-4-18-19(14)26-20(22-18)16-9-11-23(12-10-16)13-15-5-7-17(8-6-15)21(24)25/h2-8,16H,9-13H2,1H3,(H,24,25). The highest BCUT2D eigenvalue weighted by molar-refractivity contribution is 5.87. The van der Waals surface area contributed by atoms with E-state index < -0.39 is 5.97 Å². The van der Waals surface area contributed by atoms with Crippen LogP contribution in [0.4, 0.5) is 0 Å². The van der Waals surface area contributed by atoms with Crippen LogP contribution in [-0.2, 0) is 6.54 Å².